The van der Waals surface area contributed by atoms with Crippen molar-refractivity contribution in [3.05, 3.63) is 35.4 Å². The van der Waals surface area contributed by atoms with Crippen molar-refractivity contribution in [3.63, 3.8) is 0 Å². The first-order valence-corrected chi connectivity index (χ1v) is 7.67. The van der Waals surface area contributed by atoms with Gasteiger partial charge in [0.25, 0.3) is 0 Å². The maximum atomic E-state index is 13.0. The van der Waals surface area contributed by atoms with Gasteiger partial charge in [-0.2, -0.15) is 0 Å². The summed E-state index contributed by atoms with van der Waals surface area (Å²) in [6.07, 6.45) is 0.589. The second-order valence-corrected chi connectivity index (χ2v) is 6.39. The molecule has 1 aliphatic carbocycles. The van der Waals surface area contributed by atoms with Gasteiger partial charge in [0.05, 0.1) is 12.0 Å². The van der Waals surface area contributed by atoms with E-state index in [0.29, 0.717) is 12.0 Å². The van der Waals surface area contributed by atoms with Gasteiger partial charge in [0.15, 0.2) is 17.5 Å². The summed E-state index contributed by atoms with van der Waals surface area (Å²) in [7, 11) is 0. The van der Waals surface area contributed by atoms with Crippen molar-refractivity contribution in [1.82, 2.24) is 0 Å². The summed E-state index contributed by atoms with van der Waals surface area (Å²) in [4.78, 5) is 37.7. The number of ether oxygens (including phenoxy) is 1. The topological polar surface area (TPSA) is 60.4 Å². The standard InChI is InChI=1S/C18H22O4/c1-5-22-17(21)14-15(19)12-8-6-7-9-13(12)18(4,16(14)20)10-11(2)3/h6-9,11,14H,5,10H2,1-4H3. The predicted octanol–water partition coefficient (Wildman–Crippen LogP) is 2.94. The van der Waals surface area contributed by atoms with Crippen molar-refractivity contribution in [2.24, 2.45) is 11.8 Å². The summed E-state index contributed by atoms with van der Waals surface area (Å²) in [5, 5.41) is 0. The highest BCUT2D eigenvalue weighted by Gasteiger charge is 2.52. The van der Waals surface area contributed by atoms with E-state index in [1.54, 1.807) is 19.1 Å². The molecule has 0 fully saturated rings. The first-order valence-electron chi connectivity index (χ1n) is 7.67. The maximum absolute atomic E-state index is 13.0. The Hall–Kier alpha value is -1.97. The van der Waals surface area contributed by atoms with Gasteiger partial charge in [0.2, 0.25) is 0 Å². The zero-order valence-electron chi connectivity index (χ0n) is 13.5. The van der Waals surface area contributed by atoms with Crippen LogP contribution in [0.4, 0.5) is 0 Å². The molecular formula is C18H22O4. The number of benzene rings is 1. The Morgan fingerprint density at radius 1 is 1.27 bits per heavy atom. The molecule has 0 saturated heterocycles. The predicted molar refractivity (Wildman–Crippen MR) is 82.7 cm³/mol. The summed E-state index contributed by atoms with van der Waals surface area (Å²) in [5.74, 6) is -2.60. The van der Waals surface area contributed by atoms with Gasteiger partial charge in [-0.25, -0.2) is 0 Å². The van der Waals surface area contributed by atoms with Crippen LogP contribution >= 0.6 is 0 Å². The van der Waals surface area contributed by atoms with E-state index in [9.17, 15) is 14.4 Å². The van der Waals surface area contributed by atoms with Crippen molar-refractivity contribution in [1.29, 1.82) is 0 Å². The number of carbonyl (C=O) groups excluding carboxylic acids is 3. The van der Waals surface area contributed by atoms with Crippen molar-refractivity contribution >= 4 is 17.5 Å². The average molecular weight is 302 g/mol. The van der Waals surface area contributed by atoms with Crippen LogP contribution in [0.3, 0.4) is 0 Å². The number of hydrogen-bond acceptors (Lipinski definition) is 4. The Kier molecular flexibility index (Phi) is 4.50. The fourth-order valence-electron chi connectivity index (χ4n) is 3.37. The van der Waals surface area contributed by atoms with Crippen LogP contribution in [0.5, 0.6) is 0 Å². The molecule has 0 aromatic heterocycles. The number of Topliss-reactive ketones (excluding diaryl/α,β-unsaturated/α-hetero) is 2. The first-order chi connectivity index (χ1) is 10.3. The van der Waals surface area contributed by atoms with Gasteiger partial charge in [0.1, 0.15) is 0 Å². The third kappa shape index (κ3) is 2.58. The van der Waals surface area contributed by atoms with E-state index in [-0.39, 0.29) is 18.3 Å². The normalized spacial score (nSPS) is 24.3. The summed E-state index contributed by atoms with van der Waals surface area (Å²) in [6.45, 7) is 7.69. The number of hydrogen-bond donors (Lipinski definition) is 0. The van der Waals surface area contributed by atoms with Crippen LogP contribution in [-0.4, -0.2) is 24.1 Å². The molecule has 0 N–H and O–H groups in total. The highest BCUT2D eigenvalue weighted by atomic mass is 16.5. The van der Waals surface area contributed by atoms with Gasteiger partial charge in [0, 0.05) is 5.56 Å². The molecule has 0 amide bonds. The van der Waals surface area contributed by atoms with Crippen LogP contribution in [-0.2, 0) is 19.7 Å². The fraction of sp³-hybridized carbons (Fsp3) is 0.500. The first kappa shape index (κ1) is 16.4. The molecule has 1 aromatic rings. The maximum Gasteiger partial charge on any atom is 0.324 e. The molecule has 22 heavy (non-hydrogen) atoms. The summed E-state index contributed by atoms with van der Waals surface area (Å²) in [6, 6.07) is 7.08. The van der Waals surface area contributed by atoms with E-state index in [1.807, 2.05) is 32.9 Å². The van der Waals surface area contributed by atoms with Crippen LogP contribution < -0.4 is 0 Å². The zero-order valence-corrected chi connectivity index (χ0v) is 13.5. The number of ketones is 2. The Balaban J connectivity index is 2.59. The van der Waals surface area contributed by atoms with Crippen molar-refractivity contribution in [3.8, 4) is 0 Å². The lowest BCUT2D eigenvalue weighted by Crippen LogP contribution is -2.50. The van der Waals surface area contributed by atoms with Crippen LogP contribution in [0.25, 0.3) is 0 Å². The molecule has 0 radical (unpaired) electrons. The molecule has 0 bridgehead atoms. The largest absolute Gasteiger partial charge is 0.465 e. The number of esters is 1. The van der Waals surface area contributed by atoms with E-state index in [0.717, 1.165) is 5.56 Å². The lowest BCUT2D eigenvalue weighted by molar-refractivity contribution is -0.151. The van der Waals surface area contributed by atoms with Crippen molar-refractivity contribution in [2.45, 2.75) is 39.5 Å². The summed E-state index contributed by atoms with van der Waals surface area (Å²) >= 11 is 0. The molecule has 0 aliphatic heterocycles. The lowest BCUT2D eigenvalue weighted by atomic mass is 9.62. The molecule has 1 aromatic carbocycles. The van der Waals surface area contributed by atoms with Gasteiger partial charge in [-0.15, -0.1) is 0 Å². The van der Waals surface area contributed by atoms with Gasteiger partial charge in [-0.1, -0.05) is 38.1 Å². The van der Waals surface area contributed by atoms with Crippen LogP contribution in [0.15, 0.2) is 24.3 Å². The van der Waals surface area contributed by atoms with Gasteiger partial charge in [-0.3, -0.25) is 14.4 Å². The Bertz CT molecular complexity index is 617. The molecular weight excluding hydrogens is 280 g/mol. The molecule has 2 unspecified atom stereocenters. The quantitative estimate of drug-likeness (QED) is 0.634. The van der Waals surface area contributed by atoms with Crippen molar-refractivity contribution in [2.75, 3.05) is 6.61 Å². The van der Waals surface area contributed by atoms with E-state index in [4.69, 9.17) is 4.74 Å². The molecule has 2 rings (SSSR count). The van der Waals surface area contributed by atoms with E-state index < -0.39 is 23.1 Å². The molecule has 0 heterocycles. The highest BCUT2D eigenvalue weighted by molar-refractivity contribution is 6.28. The Labute approximate surface area is 130 Å². The molecule has 0 spiro atoms. The van der Waals surface area contributed by atoms with E-state index >= 15 is 0 Å². The highest BCUT2D eigenvalue weighted by Crippen LogP contribution is 2.41. The van der Waals surface area contributed by atoms with Crippen LogP contribution in [0, 0.1) is 11.8 Å². The number of fused-ring (bicyclic) bond motifs is 1. The zero-order chi connectivity index (χ0) is 16.5. The van der Waals surface area contributed by atoms with Crippen LogP contribution in [0.2, 0.25) is 0 Å². The van der Waals surface area contributed by atoms with Crippen LogP contribution in [0.1, 0.15) is 50.0 Å². The van der Waals surface area contributed by atoms with Crippen molar-refractivity contribution < 1.29 is 19.1 Å². The average Bonchev–Trinajstić information content (AvgIpc) is 2.45. The minimum absolute atomic E-state index is 0.151. The van der Waals surface area contributed by atoms with Gasteiger partial charge < -0.3 is 4.74 Å². The molecule has 0 saturated carbocycles. The van der Waals surface area contributed by atoms with E-state index in [1.165, 1.54) is 0 Å². The third-order valence-electron chi connectivity index (χ3n) is 4.19. The molecule has 118 valence electrons. The monoisotopic (exact) mass is 302 g/mol. The lowest BCUT2D eigenvalue weighted by Gasteiger charge is -2.38. The summed E-state index contributed by atoms with van der Waals surface area (Å²) in [5.41, 5.74) is 0.346. The van der Waals surface area contributed by atoms with Gasteiger partial charge in [-0.05, 0) is 31.7 Å². The molecule has 2 atom stereocenters. The summed E-state index contributed by atoms with van der Waals surface area (Å²) < 4.78 is 4.95. The minimum Gasteiger partial charge on any atom is -0.465 e. The smallest absolute Gasteiger partial charge is 0.324 e. The van der Waals surface area contributed by atoms with E-state index in [2.05, 4.69) is 0 Å². The molecule has 1 aliphatic rings. The second kappa shape index (κ2) is 6.03. The molecule has 4 heteroatoms. The SMILES string of the molecule is CCOC(=O)C1C(=O)c2ccccc2C(C)(CC(C)C)C1=O. The Morgan fingerprint density at radius 3 is 2.50 bits per heavy atom. The third-order valence-corrected chi connectivity index (χ3v) is 4.19. The second-order valence-electron chi connectivity index (χ2n) is 6.39. The van der Waals surface area contributed by atoms with Gasteiger partial charge >= 0.3 is 5.97 Å². The Morgan fingerprint density at radius 2 is 1.91 bits per heavy atom. The number of rotatable bonds is 4. The fourth-order valence-corrected chi connectivity index (χ4v) is 3.37. The minimum atomic E-state index is -1.33. The number of carbonyl (C=O) groups is 3. The molecule has 4 nitrogen and oxygen atoms in total.